The summed E-state index contributed by atoms with van der Waals surface area (Å²) in [4.78, 5) is 12.1. The number of fused-ring (bicyclic) bond motifs is 1. The van der Waals surface area contributed by atoms with Gasteiger partial charge in [0.25, 0.3) is 0 Å². The van der Waals surface area contributed by atoms with Crippen molar-refractivity contribution in [2.45, 2.75) is 90.3 Å². The molecule has 0 spiro atoms. The molecular weight excluding hydrogens is 288 g/mol. The molecule has 3 fully saturated rings. The van der Waals surface area contributed by atoms with Crippen LogP contribution in [-0.4, -0.2) is 29.7 Å². The zero-order valence-corrected chi connectivity index (χ0v) is 15.4. The van der Waals surface area contributed by atoms with Crippen molar-refractivity contribution >= 4 is 5.78 Å². The van der Waals surface area contributed by atoms with Crippen LogP contribution in [0.3, 0.4) is 0 Å². The summed E-state index contributed by atoms with van der Waals surface area (Å²) in [7, 11) is 1.87. The minimum Gasteiger partial charge on any atom is -0.383 e. The lowest BCUT2D eigenvalue weighted by Gasteiger charge is -2.47. The van der Waals surface area contributed by atoms with Gasteiger partial charge in [0.05, 0.1) is 6.10 Å². The van der Waals surface area contributed by atoms with E-state index in [1.165, 1.54) is 44.9 Å². The fraction of sp³-hybridized carbons (Fsp3) is 0.950. The quantitative estimate of drug-likeness (QED) is 0.800. The predicted molar refractivity (Wildman–Crippen MR) is 91.2 cm³/mol. The average molecular weight is 322 g/mol. The first-order valence-corrected chi connectivity index (χ1v) is 9.51. The number of Topliss-reactive ketones (excluding diaryl/α,β-unsaturated/α-hetero) is 1. The van der Waals surface area contributed by atoms with Gasteiger partial charge < -0.3 is 9.84 Å². The highest BCUT2D eigenvalue weighted by atomic mass is 16.5. The molecule has 3 saturated carbocycles. The molecule has 0 amide bonds. The first-order chi connectivity index (χ1) is 10.7. The van der Waals surface area contributed by atoms with Gasteiger partial charge in [-0.1, -0.05) is 13.3 Å². The number of aliphatic hydroxyl groups is 1. The Bertz CT molecular complexity index is 460. The minimum absolute atomic E-state index is 0.00175. The number of ketones is 1. The largest absolute Gasteiger partial charge is 0.383 e. The lowest BCUT2D eigenvalue weighted by Crippen LogP contribution is -2.43. The molecule has 3 rings (SSSR count). The normalized spacial score (nSPS) is 39.1. The second-order valence-corrected chi connectivity index (χ2v) is 9.25. The maximum Gasteiger partial charge on any atom is 0.163 e. The van der Waals surface area contributed by atoms with E-state index in [0.29, 0.717) is 29.3 Å². The second-order valence-electron chi connectivity index (χ2n) is 9.25. The lowest BCUT2D eigenvalue weighted by molar-refractivity contribution is -0.134. The fourth-order valence-electron chi connectivity index (χ4n) is 6.01. The molecule has 3 nitrogen and oxygen atoms in total. The zero-order valence-electron chi connectivity index (χ0n) is 15.4. The smallest absolute Gasteiger partial charge is 0.163 e. The molecule has 0 aromatic heterocycles. The van der Waals surface area contributed by atoms with Gasteiger partial charge in [-0.2, -0.15) is 0 Å². The van der Waals surface area contributed by atoms with E-state index in [1.54, 1.807) is 13.8 Å². The van der Waals surface area contributed by atoms with Crippen molar-refractivity contribution in [1.82, 2.24) is 0 Å². The van der Waals surface area contributed by atoms with Gasteiger partial charge in [-0.3, -0.25) is 4.79 Å². The van der Waals surface area contributed by atoms with Crippen molar-refractivity contribution in [3.05, 3.63) is 0 Å². The van der Waals surface area contributed by atoms with Gasteiger partial charge in [-0.05, 0) is 81.5 Å². The van der Waals surface area contributed by atoms with E-state index in [2.05, 4.69) is 6.92 Å². The summed E-state index contributed by atoms with van der Waals surface area (Å²) < 4.78 is 5.81. The molecule has 3 aliphatic rings. The third kappa shape index (κ3) is 3.00. The van der Waals surface area contributed by atoms with Crippen LogP contribution < -0.4 is 0 Å². The molecule has 23 heavy (non-hydrogen) atoms. The monoisotopic (exact) mass is 322 g/mol. The molecule has 4 atom stereocenters. The Kier molecular flexibility index (Phi) is 4.42. The van der Waals surface area contributed by atoms with Crippen LogP contribution in [0, 0.1) is 22.7 Å². The third-order valence-corrected chi connectivity index (χ3v) is 7.53. The predicted octanol–water partition coefficient (Wildman–Crippen LogP) is 4.12. The number of ether oxygens (including phenoxy) is 1. The van der Waals surface area contributed by atoms with Gasteiger partial charge in [0.1, 0.15) is 5.60 Å². The third-order valence-electron chi connectivity index (χ3n) is 7.53. The summed E-state index contributed by atoms with van der Waals surface area (Å²) >= 11 is 0. The van der Waals surface area contributed by atoms with Crippen LogP contribution in [0.15, 0.2) is 0 Å². The van der Waals surface area contributed by atoms with Gasteiger partial charge in [-0.25, -0.2) is 0 Å². The van der Waals surface area contributed by atoms with Crippen molar-refractivity contribution in [3.8, 4) is 0 Å². The molecule has 0 heterocycles. The molecular formula is C20H34O3. The van der Waals surface area contributed by atoms with Crippen LogP contribution in [0.25, 0.3) is 0 Å². The number of carbonyl (C=O) groups excluding carboxylic acids is 1. The fourth-order valence-corrected chi connectivity index (χ4v) is 6.01. The summed E-state index contributed by atoms with van der Waals surface area (Å²) in [5, 5.41) is 9.91. The van der Waals surface area contributed by atoms with Crippen molar-refractivity contribution in [3.63, 3.8) is 0 Å². The maximum atomic E-state index is 12.1. The lowest BCUT2D eigenvalue weighted by atomic mass is 9.60. The van der Waals surface area contributed by atoms with Gasteiger partial charge in [0.15, 0.2) is 5.78 Å². The van der Waals surface area contributed by atoms with Crippen LogP contribution in [-0.2, 0) is 9.53 Å². The summed E-state index contributed by atoms with van der Waals surface area (Å²) in [6, 6.07) is 0. The molecule has 0 radical (unpaired) electrons. The Morgan fingerprint density at radius 3 is 2.48 bits per heavy atom. The molecule has 2 unspecified atom stereocenters. The second kappa shape index (κ2) is 5.84. The van der Waals surface area contributed by atoms with Crippen molar-refractivity contribution < 1.29 is 14.6 Å². The number of hydrogen-bond acceptors (Lipinski definition) is 3. The number of hydrogen-bond donors (Lipinski definition) is 1. The number of carbonyl (C=O) groups is 1. The standard InChI is InChI=1S/C20H34O3/c1-18(2,22)17(21)9-11-20(12-13-20)16-8-7-14-15(23-4)6-5-10-19(14,16)3/h14-16,22H,5-13H2,1-4H3/t14?,15?,16-,19-/m0/s1. The topological polar surface area (TPSA) is 46.5 Å². The first-order valence-electron chi connectivity index (χ1n) is 9.51. The number of rotatable bonds is 6. The van der Waals surface area contributed by atoms with E-state index in [1.807, 2.05) is 7.11 Å². The molecule has 0 aliphatic heterocycles. The molecule has 0 saturated heterocycles. The zero-order chi connectivity index (χ0) is 16.9. The van der Waals surface area contributed by atoms with E-state index in [9.17, 15) is 9.90 Å². The van der Waals surface area contributed by atoms with E-state index in [0.717, 1.165) is 12.3 Å². The molecule has 1 N–H and O–H groups in total. The Morgan fingerprint density at radius 2 is 1.91 bits per heavy atom. The van der Waals surface area contributed by atoms with Crippen LogP contribution in [0.2, 0.25) is 0 Å². The molecule has 3 heteroatoms. The summed E-state index contributed by atoms with van der Waals surface area (Å²) in [5.41, 5.74) is -0.405. The van der Waals surface area contributed by atoms with Gasteiger partial charge in [0.2, 0.25) is 0 Å². The highest BCUT2D eigenvalue weighted by Gasteiger charge is 2.61. The van der Waals surface area contributed by atoms with Gasteiger partial charge in [0, 0.05) is 13.5 Å². The summed E-state index contributed by atoms with van der Waals surface area (Å²) in [6.07, 6.45) is 10.9. The van der Waals surface area contributed by atoms with Crippen LogP contribution in [0.5, 0.6) is 0 Å². The highest BCUT2D eigenvalue weighted by Crippen LogP contribution is 2.69. The van der Waals surface area contributed by atoms with Crippen molar-refractivity contribution in [1.29, 1.82) is 0 Å². The van der Waals surface area contributed by atoms with E-state index < -0.39 is 5.60 Å². The molecule has 3 aliphatic carbocycles. The SMILES string of the molecule is COC1CCC[C@@]2(C)C1CC[C@@H]2C1(CCC(=O)C(C)(C)O)CC1. The molecule has 0 aromatic rings. The summed E-state index contributed by atoms with van der Waals surface area (Å²) in [6.45, 7) is 5.73. The van der Waals surface area contributed by atoms with Gasteiger partial charge in [-0.15, -0.1) is 0 Å². The minimum atomic E-state index is -1.18. The highest BCUT2D eigenvalue weighted by molar-refractivity contribution is 5.86. The molecule has 0 aromatic carbocycles. The average Bonchev–Trinajstić information content (AvgIpc) is 3.17. The van der Waals surface area contributed by atoms with Crippen LogP contribution in [0.1, 0.15) is 78.6 Å². The molecule has 0 bridgehead atoms. The molecule has 132 valence electrons. The Balaban J connectivity index is 1.70. The maximum absolute atomic E-state index is 12.1. The Morgan fingerprint density at radius 1 is 1.22 bits per heavy atom. The first kappa shape index (κ1) is 17.4. The van der Waals surface area contributed by atoms with Crippen LogP contribution >= 0.6 is 0 Å². The van der Waals surface area contributed by atoms with Crippen molar-refractivity contribution in [2.75, 3.05) is 7.11 Å². The van der Waals surface area contributed by atoms with E-state index in [4.69, 9.17) is 4.74 Å². The Hall–Kier alpha value is -0.410. The van der Waals surface area contributed by atoms with E-state index in [-0.39, 0.29) is 5.78 Å². The van der Waals surface area contributed by atoms with Crippen LogP contribution in [0.4, 0.5) is 0 Å². The Labute approximate surface area is 141 Å². The van der Waals surface area contributed by atoms with E-state index >= 15 is 0 Å². The summed E-state index contributed by atoms with van der Waals surface area (Å²) in [5.74, 6) is 1.45. The van der Waals surface area contributed by atoms with Gasteiger partial charge >= 0.3 is 0 Å². The number of methoxy groups -OCH3 is 1. The van der Waals surface area contributed by atoms with Crippen molar-refractivity contribution in [2.24, 2.45) is 22.7 Å².